The Hall–Kier alpha value is -0.610. The summed E-state index contributed by atoms with van der Waals surface area (Å²) >= 11 is 0. The average Bonchev–Trinajstić information content (AvgIpc) is 2.74. The third kappa shape index (κ3) is 1.77. The SMILES string of the molecule is COC(CC1CC2CCC1O2)C(=O)O. The standard InChI is InChI=1S/C10H16O4/c1-13-9(10(11)12)5-6-4-7-2-3-8(6)14-7/h6-9H,2-5H2,1H3,(H,11,12). The summed E-state index contributed by atoms with van der Waals surface area (Å²) in [4.78, 5) is 10.8. The number of methoxy groups -OCH3 is 1. The lowest BCUT2D eigenvalue weighted by molar-refractivity contribution is -0.149. The molecule has 1 N–H and O–H groups in total. The predicted molar refractivity (Wildman–Crippen MR) is 49.1 cm³/mol. The normalized spacial score (nSPS) is 37.4. The van der Waals surface area contributed by atoms with E-state index in [1.165, 1.54) is 7.11 Å². The van der Waals surface area contributed by atoms with Gasteiger partial charge in [-0.3, -0.25) is 0 Å². The molecule has 0 saturated carbocycles. The van der Waals surface area contributed by atoms with Crippen molar-refractivity contribution in [2.45, 2.75) is 44.0 Å². The fourth-order valence-corrected chi connectivity index (χ4v) is 2.56. The van der Waals surface area contributed by atoms with Gasteiger partial charge in [0.05, 0.1) is 12.2 Å². The molecule has 2 saturated heterocycles. The fraction of sp³-hybridized carbons (Fsp3) is 0.900. The van der Waals surface area contributed by atoms with E-state index in [2.05, 4.69) is 0 Å². The topological polar surface area (TPSA) is 55.8 Å². The average molecular weight is 200 g/mol. The van der Waals surface area contributed by atoms with Crippen LogP contribution in [0.15, 0.2) is 0 Å². The molecule has 0 aliphatic carbocycles. The molecule has 4 unspecified atom stereocenters. The first-order valence-corrected chi connectivity index (χ1v) is 5.11. The first kappa shape index (κ1) is 9.93. The minimum Gasteiger partial charge on any atom is -0.479 e. The van der Waals surface area contributed by atoms with Gasteiger partial charge in [0.25, 0.3) is 0 Å². The minimum absolute atomic E-state index is 0.289. The summed E-state index contributed by atoms with van der Waals surface area (Å²) < 4.78 is 10.6. The molecular formula is C10H16O4. The van der Waals surface area contributed by atoms with Crippen LogP contribution in [0.25, 0.3) is 0 Å². The molecule has 0 radical (unpaired) electrons. The summed E-state index contributed by atoms with van der Waals surface area (Å²) in [5.74, 6) is -0.481. The van der Waals surface area contributed by atoms with E-state index in [0.717, 1.165) is 19.3 Å². The molecule has 2 rings (SSSR count). The molecule has 2 fully saturated rings. The van der Waals surface area contributed by atoms with Crippen molar-refractivity contribution in [3.8, 4) is 0 Å². The van der Waals surface area contributed by atoms with Crippen LogP contribution in [0.3, 0.4) is 0 Å². The van der Waals surface area contributed by atoms with Gasteiger partial charge in [-0.25, -0.2) is 4.79 Å². The van der Waals surface area contributed by atoms with E-state index in [-0.39, 0.29) is 6.10 Å². The molecule has 2 aliphatic heterocycles. The maximum Gasteiger partial charge on any atom is 0.332 e. The number of fused-ring (bicyclic) bond motifs is 2. The minimum atomic E-state index is -0.865. The first-order valence-electron chi connectivity index (χ1n) is 5.11. The van der Waals surface area contributed by atoms with Crippen molar-refractivity contribution < 1.29 is 19.4 Å². The highest BCUT2D eigenvalue weighted by Gasteiger charge is 2.42. The Bertz CT molecular complexity index is 228. The molecule has 80 valence electrons. The number of carboxylic acid groups (broad SMARTS) is 1. The lowest BCUT2D eigenvalue weighted by Gasteiger charge is -2.21. The monoisotopic (exact) mass is 200 g/mol. The van der Waals surface area contributed by atoms with E-state index < -0.39 is 12.1 Å². The number of hydrogen-bond donors (Lipinski definition) is 1. The van der Waals surface area contributed by atoms with Crippen LogP contribution >= 0.6 is 0 Å². The van der Waals surface area contributed by atoms with Crippen LogP contribution < -0.4 is 0 Å². The molecule has 0 spiro atoms. The third-order valence-electron chi connectivity index (χ3n) is 3.31. The summed E-state index contributed by atoms with van der Waals surface area (Å²) in [6.07, 6.45) is 3.85. The Labute approximate surface area is 83.2 Å². The van der Waals surface area contributed by atoms with Crippen LogP contribution in [0.4, 0.5) is 0 Å². The van der Waals surface area contributed by atoms with Gasteiger partial charge in [-0.15, -0.1) is 0 Å². The van der Waals surface area contributed by atoms with Crippen molar-refractivity contribution in [2.24, 2.45) is 5.92 Å². The van der Waals surface area contributed by atoms with E-state index in [1.54, 1.807) is 0 Å². The Morgan fingerprint density at radius 3 is 2.86 bits per heavy atom. The summed E-state index contributed by atoms with van der Waals surface area (Å²) in [6.45, 7) is 0. The van der Waals surface area contributed by atoms with Crippen LogP contribution in [0, 0.1) is 5.92 Å². The van der Waals surface area contributed by atoms with Gasteiger partial charge in [-0.2, -0.15) is 0 Å². The van der Waals surface area contributed by atoms with Crippen LogP contribution in [-0.2, 0) is 14.3 Å². The molecule has 2 aliphatic rings. The van der Waals surface area contributed by atoms with Gasteiger partial charge in [0, 0.05) is 7.11 Å². The lowest BCUT2D eigenvalue weighted by atomic mass is 9.85. The van der Waals surface area contributed by atoms with Gasteiger partial charge < -0.3 is 14.6 Å². The molecule has 0 aromatic rings. The molecule has 2 bridgehead atoms. The highest BCUT2D eigenvalue weighted by Crippen LogP contribution is 2.41. The zero-order valence-corrected chi connectivity index (χ0v) is 8.31. The van der Waals surface area contributed by atoms with Crippen LogP contribution in [0.1, 0.15) is 25.7 Å². The Morgan fingerprint density at radius 2 is 2.43 bits per heavy atom. The number of rotatable bonds is 4. The Kier molecular flexibility index (Phi) is 2.74. The zero-order chi connectivity index (χ0) is 10.1. The summed E-state index contributed by atoms with van der Waals surface area (Å²) in [5, 5.41) is 8.84. The van der Waals surface area contributed by atoms with E-state index in [4.69, 9.17) is 14.6 Å². The number of carbonyl (C=O) groups is 1. The van der Waals surface area contributed by atoms with E-state index in [0.29, 0.717) is 18.4 Å². The predicted octanol–water partition coefficient (Wildman–Crippen LogP) is 1.04. The van der Waals surface area contributed by atoms with E-state index in [1.807, 2.05) is 0 Å². The second-order valence-electron chi connectivity index (χ2n) is 4.17. The Balaban J connectivity index is 1.88. The summed E-state index contributed by atoms with van der Waals surface area (Å²) in [5.41, 5.74) is 0. The quantitative estimate of drug-likeness (QED) is 0.736. The molecule has 4 atom stereocenters. The molecular weight excluding hydrogens is 184 g/mol. The lowest BCUT2D eigenvalue weighted by Crippen LogP contribution is -2.29. The van der Waals surface area contributed by atoms with Gasteiger partial charge >= 0.3 is 5.97 Å². The van der Waals surface area contributed by atoms with Gasteiger partial charge in [-0.05, 0) is 31.6 Å². The molecule has 4 nitrogen and oxygen atoms in total. The first-order chi connectivity index (χ1) is 6.70. The fourth-order valence-electron chi connectivity index (χ4n) is 2.56. The summed E-state index contributed by atoms with van der Waals surface area (Å²) in [7, 11) is 1.45. The smallest absolute Gasteiger partial charge is 0.332 e. The third-order valence-corrected chi connectivity index (χ3v) is 3.31. The van der Waals surface area contributed by atoms with Crippen LogP contribution in [-0.4, -0.2) is 36.5 Å². The van der Waals surface area contributed by atoms with Crippen molar-refractivity contribution in [2.75, 3.05) is 7.11 Å². The van der Waals surface area contributed by atoms with Crippen molar-refractivity contribution in [3.63, 3.8) is 0 Å². The van der Waals surface area contributed by atoms with Crippen molar-refractivity contribution in [3.05, 3.63) is 0 Å². The number of aliphatic carboxylic acids is 1. The maximum absolute atomic E-state index is 10.8. The van der Waals surface area contributed by atoms with Gasteiger partial charge in [0.1, 0.15) is 0 Å². The molecule has 0 aromatic heterocycles. The van der Waals surface area contributed by atoms with Crippen molar-refractivity contribution in [1.82, 2.24) is 0 Å². The van der Waals surface area contributed by atoms with Crippen molar-refractivity contribution in [1.29, 1.82) is 0 Å². The van der Waals surface area contributed by atoms with Gasteiger partial charge in [-0.1, -0.05) is 0 Å². The molecule has 4 heteroatoms. The van der Waals surface area contributed by atoms with Crippen LogP contribution in [0.5, 0.6) is 0 Å². The number of ether oxygens (including phenoxy) is 2. The zero-order valence-electron chi connectivity index (χ0n) is 8.31. The molecule has 14 heavy (non-hydrogen) atoms. The van der Waals surface area contributed by atoms with E-state index >= 15 is 0 Å². The molecule has 2 heterocycles. The van der Waals surface area contributed by atoms with Crippen molar-refractivity contribution >= 4 is 5.97 Å². The van der Waals surface area contributed by atoms with Crippen LogP contribution in [0.2, 0.25) is 0 Å². The highest BCUT2D eigenvalue weighted by atomic mass is 16.5. The second kappa shape index (κ2) is 3.87. The van der Waals surface area contributed by atoms with E-state index in [9.17, 15) is 4.79 Å². The van der Waals surface area contributed by atoms with Gasteiger partial charge in [0.15, 0.2) is 6.10 Å². The molecule has 0 aromatic carbocycles. The maximum atomic E-state index is 10.8. The second-order valence-corrected chi connectivity index (χ2v) is 4.17. The summed E-state index contributed by atoms with van der Waals surface area (Å²) in [6, 6.07) is 0. The molecule has 0 amide bonds. The van der Waals surface area contributed by atoms with Gasteiger partial charge in [0.2, 0.25) is 0 Å². The number of hydrogen-bond acceptors (Lipinski definition) is 3. The number of carboxylic acids is 1. The highest BCUT2D eigenvalue weighted by molar-refractivity contribution is 5.72. The largest absolute Gasteiger partial charge is 0.479 e. The Morgan fingerprint density at radius 1 is 1.64 bits per heavy atom.